The molecule has 0 aliphatic heterocycles. The van der Waals surface area contributed by atoms with Crippen LogP contribution in [0.15, 0.2) is 28.7 Å². The number of nitrogens with one attached hydrogen (secondary N) is 1. The second kappa shape index (κ2) is 5.57. The van der Waals surface area contributed by atoms with Crippen LogP contribution in [-0.4, -0.2) is 0 Å². The quantitative estimate of drug-likeness (QED) is 0.759. The molecule has 0 amide bonds. The van der Waals surface area contributed by atoms with Crippen LogP contribution in [-0.2, 0) is 6.54 Å². The molecule has 90 valence electrons. The number of rotatable bonds is 3. The van der Waals surface area contributed by atoms with E-state index in [1.807, 2.05) is 6.07 Å². The maximum absolute atomic E-state index is 13.5. The zero-order valence-corrected chi connectivity index (χ0v) is 12.4. The van der Waals surface area contributed by atoms with Gasteiger partial charge in [0, 0.05) is 15.9 Å². The highest BCUT2D eigenvalue weighted by Crippen LogP contribution is 2.33. The smallest absolute Gasteiger partial charge is 0.147 e. The minimum atomic E-state index is -0.362. The van der Waals surface area contributed by atoms with Crippen molar-refractivity contribution in [3.05, 3.63) is 48.8 Å². The van der Waals surface area contributed by atoms with Gasteiger partial charge in [0.1, 0.15) is 10.2 Å². The van der Waals surface area contributed by atoms with E-state index < -0.39 is 0 Å². The van der Waals surface area contributed by atoms with Crippen LogP contribution in [0.5, 0.6) is 0 Å². The zero-order valence-electron chi connectivity index (χ0n) is 8.44. The predicted octanol–water partition coefficient (Wildman–Crippen LogP) is 5.57. The minimum Gasteiger partial charge on any atom is -0.377 e. The molecule has 0 aliphatic carbocycles. The van der Waals surface area contributed by atoms with Crippen LogP contribution < -0.4 is 5.32 Å². The van der Waals surface area contributed by atoms with Crippen LogP contribution >= 0.6 is 50.5 Å². The van der Waals surface area contributed by atoms with Crippen LogP contribution in [0, 0.1) is 5.82 Å². The lowest BCUT2D eigenvalue weighted by Crippen LogP contribution is -2.00. The average Bonchev–Trinajstić information content (AvgIpc) is 2.58. The fraction of sp³-hybridized carbons (Fsp3) is 0.0909. The van der Waals surface area contributed by atoms with Gasteiger partial charge in [-0.05, 0) is 34.1 Å². The summed E-state index contributed by atoms with van der Waals surface area (Å²) in [5, 5.41) is 3.33. The molecule has 1 aromatic heterocycles. The van der Waals surface area contributed by atoms with E-state index in [9.17, 15) is 4.39 Å². The van der Waals surface area contributed by atoms with E-state index in [4.69, 9.17) is 23.2 Å². The van der Waals surface area contributed by atoms with Gasteiger partial charge < -0.3 is 5.32 Å². The van der Waals surface area contributed by atoms with Gasteiger partial charge in [-0.15, -0.1) is 11.3 Å². The SMILES string of the molecule is Fc1cccc(Cl)c1NCc1cc(Br)c(Cl)s1. The molecule has 0 bridgehead atoms. The first kappa shape index (κ1) is 13.1. The second-order valence-corrected chi connectivity index (χ2v) is 6.28. The molecule has 2 rings (SSSR count). The van der Waals surface area contributed by atoms with Gasteiger partial charge in [-0.3, -0.25) is 0 Å². The van der Waals surface area contributed by atoms with Crippen molar-refractivity contribution >= 4 is 56.2 Å². The van der Waals surface area contributed by atoms with E-state index >= 15 is 0 Å². The fourth-order valence-corrected chi connectivity index (χ4v) is 3.28. The van der Waals surface area contributed by atoms with E-state index in [0.29, 0.717) is 21.6 Å². The van der Waals surface area contributed by atoms with E-state index in [1.165, 1.54) is 17.4 Å². The molecular formula is C11H7BrCl2FNS. The minimum absolute atomic E-state index is 0.315. The van der Waals surface area contributed by atoms with Crippen molar-refractivity contribution in [2.24, 2.45) is 0 Å². The fourth-order valence-electron chi connectivity index (χ4n) is 1.32. The molecular weight excluding hydrogens is 348 g/mol. The Morgan fingerprint density at radius 2 is 2.12 bits per heavy atom. The standard InChI is InChI=1S/C11H7BrCl2FNS/c12-7-4-6(17-11(7)14)5-16-10-8(13)2-1-3-9(10)15/h1-4,16H,5H2. The maximum atomic E-state index is 13.5. The molecule has 1 nitrogen and oxygen atoms in total. The Balaban J connectivity index is 2.12. The lowest BCUT2D eigenvalue weighted by molar-refractivity contribution is 0.630. The van der Waals surface area contributed by atoms with E-state index in [2.05, 4.69) is 21.2 Å². The maximum Gasteiger partial charge on any atom is 0.147 e. The summed E-state index contributed by atoms with van der Waals surface area (Å²) in [4.78, 5) is 1.00. The van der Waals surface area contributed by atoms with E-state index in [0.717, 1.165) is 9.35 Å². The van der Waals surface area contributed by atoms with Crippen LogP contribution in [0.3, 0.4) is 0 Å². The normalized spacial score (nSPS) is 10.6. The van der Waals surface area contributed by atoms with Crippen molar-refractivity contribution in [1.29, 1.82) is 0 Å². The van der Waals surface area contributed by atoms with Gasteiger partial charge in [-0.1, -0.05) is 29.3 Å². The third kappa shape index (κ3) is 3.13. The molecule has 1 N–H and O–H groups in total. The van der Waals surface area contributed by atoms with E-state index in [-0.39, 0.29) is 5.82 Å². The van der Waals surface area contributed by atoms with Crippen LogP contribution in [0.2, 0.25) is 9.36 Å². The number of halogens is 4. The summed E-state index contributed by atoms with van der Waals surface area (Å²) >= 11 is 16.6. The number of hydrogen-bond donors (Lipinski definition) is 1. The summed E-state index contributed by atoms with van der Waals surface area (Å²) in [6.45, 7) is 0.483. The molecule has 6 heteroatoms. The lowest BCUT2D eigenvalue weighted by atomic mass is 10.3. The Morgan fingerprint density at radius 1 is 1.35 bits per heavy atom. The molecule has 0 saturated heterocycles. The van der Waals surface area contributed by atoms with Crippen LogP contribution in [0.4, 0.5) is 10.1 Å². The Hall–Kier alpha value is -0.290. The van der Waals surface area contributed by atoms with Crippen molar-refractivity contribution in [3.63, 3.8) is 0 Å². The predicted molar refractivity (Wildman–Crippen MR) is 75.8 cm³/mol. The molecule has 0 radical (unpaired) electrons. The van der Waals surface area contributed by atoms with Crippen molar-refractivity contribution in [3.8, 4) is 0 Å². The van der Waals surface area contributed by atoms with Crippen LogP contribution in [0.1, 0.15) is 4.88 Å². The van der Waals surface area contributed by atoms with Crippen molar-refractivity contribution < 1.29 is 4.39 Å². The third-order valence-electron chi connectivity index (χ3n) is 2.10. The first-order valence-corrected chi connectivity index (χ1v) is 7.06. The summed E-state index contributed by atoms with van der Waals surface area (Å²) < 4.78 is 15.0. The number of para-hydroxylation sites is 1. The summed E-state index contributed by atoms with van der Waals surface area (Å²) in [6.07, 6.45) is 0. The van der Waals surface area contributed by atoms with Crippen molar-refractivity contribution in [2.75, 3.05) is 5.32 Å². The van der Waals surface area contributed by atoms with Gasteiger partial charge in [0.25, 0.3) is 0 Å². The lowest BCUT2D eigenvalue weighted by Gasteiger charge is -2.07. The summed E-state index contributed by atoms with van der Waals surface area (Å²) in [7, 11) is 0. The highest BCUT2D eigenvalue weighted by atomic mass is 79.9. The average molecular weight is 355 g/mol. The van der Waals surface area contributed by atoms with Gasteiger partial charge in [0.15, 0.2) is 0 Å². The molecule has 0 atom stereocenters. The molecule has 0 fully saturated rings. The van der Waals surface area contributed by atoms with Crippen molar-refractivity contribution in [1.82, 2.24) is 0 Å². The Kier molecular flexibility index (Phi) is 4.31. The van der Waals surface area contributed by atoms with Gasteiger partial charge >= 0.3 is 0 Å². The Labute approximate surface area is 121 Å². The number of hydrogen-bond acceptors (Lipinski definition) is 2. The molecule has 0 spiro atoms. The zero-order chi connectivity index (χ0) is 12.4. The van der Waals surface area contributed by atoms with Gasteiger partial charge in [-0.25, -0.2) is 4.39 Å². The number of benzene rings is 1. The van der Waals surface area contributed by atoms with Crippen LogP contribution in [0.25, 0.3) is 0 Å². The molecule has 17 heavy (non-hydrogen) atoms. The molecule has 2 aromatic rings. The summed E-state index contributed by atoms with van der Waals surface area (Å²) in [5.41, 5.74) is 0.315. The Bertz CT molecular complexity index is 505. The third-order valence-corrected chi connectivity index (χ3v) is 4.89. The highest BCUT2D eigenvalue weighted by molar-refractivity contribution is 9.10. The second-order valence-electron chi connectivity index (χ2n) is 3.28. The monoisotopic (exact) mass is 353 g/mol. The highest BCUT2D eigenvalue weighted by Gasteiger charge is 2.08. The first-order chi connectivity index (χ1) is 8.08. The topological polar surface area (TPSA) is 12.0 Å². The van der Waals surface area contributed by atoms with Gasteiger partial charge in [0.05, 0.1) is 10.7 Å². The molecule has 1 heterocycles. The molecule has 1 aromatic carbocycles. The largest absolute Gasteiger partial charge is 0.377 e. The molecule has 0 unspecified atom stereocenters. The molecule has 0 aliphatic rings. The van der Waals surface area contributed by atoms with Gasteiger partial charge in [-0.2, -0.15) is 0 Å². The first-order valence-electron chi connectivity index (χ1n) is 4.69. The van der Waals surface area contributed by atoms with Crippen molar-refractivity contribution in [2.45, 2.75) is 6.54 Å². The summed E-state index contributed by atoms with van der Waals surface area (Å²) in [6, 6.07) is 6.48. The summed E-state index contributed by atoms with van der Waals surface area (Å²) in [5.74, 6) is -0.362. The Morgan fingerprint density at radius 3 is 2.71 bits per heavy atom. The van der Waals surface area contributed by atoms with Gasteiger partial charge in [0.2, 0.25) is 0 Å². The van der Waals surface area contributed by atoms with E-state index in [1.54, 1.807) is 12.1 Å². The number of anilines is 1. The molecule has 0 saturated carbocycles. The number of thiophene rings is 1.